The van der Waals surface area contributed by atoms with Gasteiger partial charge in [0.15, 0.2) is 0 Å². The van der Waals surface area contributed by atoms with E-state index in [1.54, 1.807) is 23.1 Å². The molecule has 0 fully saturated rings. The zero-order valence-electron chi connectivity index (χ0n) is 16.2. The Morgan fingerprint density at radius 2 is 1.94 bits per heavy atom. The third-order valence-electron chi connectivity index (χ3n) is 5.11. The maximum absolute atomic E-state index is 13.9. The molecule has 1 aliphatic rings. The highest BCUT2D eigenvalue weighted by atomic mass is 19.4. The third kappa shape index (κ3) is 4.30. The van der Waals surface area contributed by atoms with Crippen molar-refractivity contribution in [1.29, 1.82) is 0 Å². The molecule has 0 radical (unpaired) electrons. The summed E-state index contributed by atoms with van der Waals surface area (Å²) in [5, 5.41) is 3.00. The fraction of sp³-hybridized carbons (Fsp3) is 0.182. The van der Waals surface area contributed by atoms with Gasteiger partial charge >= 0.3 is 6.18 Å². The van der Waals surface area contributed by atoms with Crippen molar-refractivity contribution in [3.8, 4) is 0 Å². The largest absolute Gasteiger partial charge is 0.419 e. The van der Waals surface area contributed by atoms with Crippen LogP contribution in [-0.2, 0) is 19.1 Å². The van der Waals surface area contributed by atoms with Gasteiger partial charge in [0, 0.05) is 36.9 Å². The van der Waals surface area contributed by atoms with Gasteiger partial charge in [0.05, 0.1) is 16.8 Å². The number of rotatable bonds is 3. The van der Waals surface area contributed by atoms with Crippen LogP contribution in [-0.4, -0.2) is 22.3 Å². The molecule has 3 N–H and O–H groups in total. The molecule has 3 aromatic rings. The fourth-order valence-corrected chi connectivity index (χ4v) is 3.64. The molecule has 1 amide bonds. The number of nitrogens with one attached hydrogen (secondary N) is 1. The van der Waals surface area contributed by atoms with Crippen LogP contribution in [0.5, 0.6) is 0 Å². The molecule has 2 aromatic carbocycles. The van der Waals surface area contributed by atoms with Gasteiger partial charge in [0.2, 0.25) is 0 Å². The van der Waals surface area contributed by atoms with Gasteiger partial charge in [-0.25, -0.2) is 4.39 Å². The van der Waals surface area contributed by atoms with Gasteiger partial charge < -0.3 is 16.0 Å². The van der Waals surface area contributed by atoms with E-state index in [0.717, 1.165) is 17.2 Å². The van der Waals surface area contributed by atoms with Crippen LogP contribution < -0.4 is 11.1 Å². The lowest BCUT2D eigenvalue weighted by Gasteiger charge is -2.30. The van der Waals surface area contributed by atoms with E-state index in [-0.39, 0.29) is 11.6 Å². The summed E-state index contributed by atoms with van der Waals surface area (Å²) in [6, 6.07) is 9.73. The van der Waals surface area contributed by atoms with E-state index in [1.807, 2.05) is 6.07 Å². The van der Waals surface area contributed by atoms with Gasteiger partial charge in [-0.1, -0.05) is 12.1 Å². The van der Waals surface area contributed by atoms with Crippen molar-refractivity contribution in [3.63, 3.8) is 0 Å². The average molecular weight is 430 g/mol. The number of carbonyl (C=O) groups is 1. The Bertz CT molecular complexity index is 1150. The number of pyridine rings is 1. The van der Waals surface area contributed by atoms with Crippen molar-refractivity contribution in [2.24, 2.45) is 0 Å². The van der Waals surface area contributed by atoms with Crippen LogP contribution in [0.15, 0.2) is 54.9 Å². The Morgan fingerprint density at radius 1 is 1.13 bits per heavy atom. The average Bonchev–Trinajstić information content (AvgIpc) is 2.72. The molecule has 1 aliphatic heterocycles. The molecule has 5 nitrogen and oxygen atoms in total. The minimum Gasteiger partial charge on any atom is -0.397 e. The SMILES string of the molecule is Nc1cncc(C(=O)N2CCc3c(cccc3Nc3ccc(C(F)(F)F)c(F)c3)C2)c1. The second-order valence-corrected chi connectivity index (χ2v) is 7.24. The summed E-state index contributed by atoms with van der Waals surface area (Å²) in [6.45, 7) is 0.806. The number of amides is 1. The van der Waals surface area contributed by atoms with E-state index >= 15 is 0 Å². The number of halogens is 4. The molecule has 31 heavy (non-hydrogen) atoms. The van der Waals surface area contributed by atoms with Crippen LogP contribution in [0, 0.1) is 5.82 Å². The quantitative estimate of drug-likeness (QED) is 0.588. The van der Waals surface area contributed by atoms with Gasteiger partial charge in [-0.05, 0) is 47.9 Å². The first-order valence-electron chi connectivity index (χ1n) is 9.47. The lowest BCUT2D eigenvalue weighted by molar-refractivity contribution is -0.139. The Hall–Kier alpha value is -3.62. The molecule has 0 spiro atoms. The molecular weight excluding hydrogens is 412 g/mol. The van der Waals surface area contributed by atoms with Crippen LogP contribution in [0.25, 0.3) is 0 Å². The summed E-state index contributed by atoms with van der Waals surface area (Å²) in [4.78, 5) is 18.4. The van der Waals surface area contributed by atoms with Crippen LogP contribution in [0.1, 0.15) is 27.0 Å². The minimum atomic E-state index is -4.75. The molecule has 9 heteroatoms. The number of fused-ring (bicyclic) bond motifs is 1. The number of benzene rings is 2. The number of nitrogens with zero attached hydrogens (tertiary/aromatic N) is 2. The van der Waals surface area contributed by atoms with E-state index < -0.39 is 17.6 Å². The van der Waals surface area contributed by atoms with Gasteiger partial charge in [-0.2, -0.15) is 13.2 Å². The predicted octanol–water partition coefficient (Wildman–Crippen LogP) is 4.76. The number of hydrogen-bond donors (Lipinski definition) is 2. The maximum Gasteiger partial charge on any atom is 0.419 e. The molecule has 160 valence electrons. The van der Waals surface area contributed by atoms with Crippen LogP contribution in [0.2, 0.25) is 0 Å². The molecule has 0 atom stereocenters. The number of hydrogen-bond acceptors (Lipinski definition) is 4. The first-order chi connectivity index (χ1) is 14.7. The first-order valence-corrected chi connectivity index (χ1v) is 9.47. The molecule has 0 unspecified atom stereocenters. The van der Waals surface area contributed by atoms with Crippen LogP contribution >= 0.6 is 0 Å². The third-order valence-corrected chi connectivity index (χ3v) is 5.11. The number of alkyl halides is 3. The van der Waals surface area contributed by atoms with E-state index in [0.29, 0.717) is 42.5 Å². The number of nitrogen functional groups attached to an aromatic ring is 1. The number of aromatic nitrogens is 1. The van der Waals surface area contributed by atoms with Crippen LogP contribution in [0.3, 0.4) is 0 Å². The summed E-state index contributed by atoms with van der Waals surface area (Å²) in [5.74, 6) is -1.52. The van der Waals surface area contributed by atoms with E-state index in [4.69, 9.17) is 5.73 Å². The molecule has 0 saturated carbocycles. The highest BCUT2D eigenvalue weighted by molar-refractivity contribution is 5.94. The Labute approximate surface area is 175 Å². The van der Waals surface area contributed by atoms with Crippen LogP contribution in [0.4, 0.5) is 34.6 Å². The van der Waals surface area contributed by atoms with Crippen molar-refractivity contribution < 1.29 is 22.4 Å². The Balaban J connectivity index is 1.55. The molecule has 4 rings (SSSR count). The predicted molar refractivity (Wildman–Crippen MR) is 108 cm³/mol. The molecule has 0 bridgehead atoms. The van der Waals surface area contributed by atoms with Crippen molar-refractivity contribution in [2.45, 2.75) is 19.1 Å². The van der Waals surface area contributed by atoms with Crippen molar-refractivity contribution in [3.05, 3.63) is 82.9 Å². The van der Waals surface area contributed by atoms with E-state index in [9.17, 15) is 22.4 Å². The minimum absolute atomic E-state index is 0.186. The normalized spacial score (nSPS) is 13.6. The zero-order valence-corrected chi connectivity index (χ0v) is 16.2. The summed E-state index contributed by atoms with van der Waals surface area (Å²) in [6.07, 6.45) is -1.29. The smallest absolute Gasteiger partial charge is 0.397 e. The molecule has 0 aliphatic carbocycles. The monoisotopic (exact) mass is 430 g/mol. The topological polar surface area (TPSA) is 71.2 Å². The standard InChI is InChI=1S/C22H18F4N4O/c23-19-9-16(4-5-18(19)22(24,25)26)29-20-3-1-2-13-12-30(7-6-17(13)20)21(31)14-8-15(27)11-28-10-14/h1-5,8-11,29H,6-7,12,27H2. The summed E-state index contributed by atoms with van der Waals surface area (Å²) in [5.41, 5.74) is 7.90. The molecular formula is C22H18F4N4O. The number of nitrogens with two attached hydrogens (primary N) is 1. The molecule has 1 aromatic heterocycles. The number of anilines is 3. The van der Waals surface area contributed by atoms with E-state index in [1.165, 1.54) is 18.5 Å². The molecule has 2 heterocycles. The lowest BCUT2D eigenvalue weighted by Crippen LogP contribution is -2.36. The van der Waals surface area contributed by atoms with Gasteiger partial charge in [0.1, 0.15) is 5.82 Å². The second-order valence-electron chi connectivity index (χ2n) is 7.24. The zero-order chi connectivity index (χ0) is 22.2. The fourth-order valence-electron chi connectivity index (χ4n) is 3.64. The summed E-state index contributed by atoms with van der Waals surface area (Å²) >= 11 is 0. The second kappa shape index (κ2) is 7.90. The van der Waals surface area contributed by atoms with Gasteiger partial charge in [-0.15, -0.1) is 0 Å². The Morgan fingerprint density at radius 3 is 2.65 bits per heavy atom. The molecule has 0 saturated heterocycles. The summed E-state index contributed by atoms with van der Waals surface area (Å²) in [7, 11) is 0. The maximum atomic E-state index is 13.9. The Kier molecular flexibility index (Phi) is 5.26. The first kappa shape index (κ1) is 20.6. The van der Waals surface area contributed by atoms with Gasteiger partial charge in [-0.3, -0.25) is 9.78 Å². The highest BCUT2D eigenvalue weighted by Crippen LogP contribution is 2.34. The van der Waals surface area contributed by atoms with E-state index in [2.05, 4.69) is 10.3 Å². The highest BCUT2D eigenvalue weighted by Gasteiger charge is 2.34. The lowest BCUT2D eigenvalue weighted by atomic mass is 9.97. The number of carbonyl (C=O) groups excluding carboxylic acids is 1. The van der Waals surface area contributed by atoms with Crippen molar-refractivity contribution in [1.82, 2.24) is 9.88 Å². The van der Waals surface area contributed by atoms with Crippen molar-refractivity contribution >= 4 is 23.0 Å². The summed E-state index contributed by atoms with van der Waals surface area (Å²) < 4.78 is 52.2. The van der Waals surface area contributed by atoms with Gasteiger partial charge in [0.25, 0.3) is 5.91 Å². The van der Waals surface area contributed by atoms with Crippen molar-refractivity contribution in [2.75, 3.05) is 17.6 Å².